The highest BCUT2D eigenvalue weighted by Crippen LogP contribution is 2.19. The lowest BCUT2D eigenvalue weighted by Gasteiger charge is -2.08. The summed E-state index contributed by atoms with van der Waals surface area (Å²) in [5.41, 5.74) is 1.88. The van der Waals surface area contributed by atoms with Gasteiger partial charge in [0.1, 0.15) is 0 Å². The number of hydrogen-bond donors (Lipinski definition) is 1. The van der Waals surface area contributed by atoms with Crippen LogP contribution in [0.15, 0.2) is 54.6 Å². The Kier molecular flexibility index (Phi) is 5.18. The predicted molar refractivity (Wildman–Crippen MR) is 85.7 cm³/mol. The van der Waals surface area contributed by atoms with E-state index in [2.05, 4.69) is 0 Å². The molecule has 0 saturated heterocycles. The monoisotopic (exact) mass is 333 g/mol. The minimum absolute atomic E-state index is 0.00261. The lowest BCUT2D eigenvalue weighted by Crippen LogP contribution is -2.29. The fourth-order valence-corrected chi connectivity index (χ4v) is 2.03. The number of benzene rings is 2. The van der Waals surface area contributed by atoms with Crippen LogP contribution in [0.1, 0.15) is 21.5 Å². The molecule has 0 saturated carbocycles. The van der Waals surface area contributed by atoms with Gasteiger partial charge in [0.25, 0.3) is 0 Å². The van der Waals surface area contributed by atoms with Gasteiger partial charge in [0.05, 0.1) is 0 Å². The van der Waals surface area contributed by atoms with Crippen LogP contribution in [0.2, 0.25) is 0 Å². The number of anilines is 1. The molecule has 0 aromatic heterocycles. The number of halogens is 3. The standard InChI is InChI=1S/C18H14F3NO2/c1-12-5-2-3-8-15(12)16(23)10-9-13-6-4-7-14(11-13)22-17(24)18(19,20)21/h2-11H,1H3,(H,22,24). The van der Waals surface area contributed by atoms with Gasteiger partial charge in [0.2, 0.25) is 0 Å². The quantitative estimate of drug-likeness (QED) is 0.666. The van der Waals surface area contributed by atoms with Gasteiger partial charge >= 0.3 is 12.1 Å². The van der Waals surface area contributed by atoms with Gasteiger partial charge in [-0.25, -0.2) is 0 Å². The first-order valence-electron chi connectivity index (χ1n) is 7.03. The topological polar surface area (TPSA) is 46.2 Å². The Labute approximate surface area is 136 Å². The van der Waals surface area contributed by atoms with Crippen molar-refractivity contribution in [3.05, 3.63) is 71.3 Å². The molecular weight excluding hydrogens is 319 g/mol. The molecule has 2 aromatic rings. The van der Waals surface area contributed by atoms with Crippen LogP contribution in [0, 0.1) is 6.92 Å². The van der Waals surface area contributed by atoms with Crippen molar-refractivity contribution in [3.8, 4) is 0 Å². The van der Waals surface area contributed by atoms with Gasteiger partial charge in [-0.05, 0) is 36.3 Å². The third-order valence-corrected chi connectivity index (χ3v) is 3.24. The van der Waals surface area contributed by atoms with Crippen LogP contribution < -0.4 is 5.32 Å². The largest absolute Gasteiger partial charge is 0.471 e. The number of carbonyl (C=O) groups excluding carboxylic acids is 2. The molecule has 0 aliphatic rings. The molecule has 0 heterocycles. The summed E-state index contributed by atoms with van der Waals surface area (Å²) in [6, 6.07) is 12.9. The molecule has 24 heavy (non-hydrogen) atoms. The van der Waals surface area contributed by atoms with E-state index in [1.54, 1.807) is 23.5 Å². The van der Waals surface area contributed by atoms with Crippen LogP contribution >= 0.6 is 0 Å². The molecule has 6 heteroatoms. The molecule has 0 fully saturated rings. The molecular formula is C18H14F3NO2. The molecule has 3 nitrogen and oxygen atoms in total. The van der Waals surface area contributed by atoms with E-state index in [0.717, 1.165) is 5.56 Å². The number of rotatable bonds is 4. The number of ketones is 1. The van der Waals surface area contributed by atoms with Gasteiger partial charge in [-0.15, -0.1) is 0 Å². The van der Waals surface area contributed by atoms with Gasteiger partial charge < -0.3 is 5.32 Å². The lowest BCUT2D eigenvalue weighted by molar-refractivity contribution is -0.167. The molecule has 2 rings (SSSR count). The Balaban J connectivity index is 2.13. The fourth-order valence-electron chi connectivity index (χ4n) is 2.03. The highest BCUT2D eigenvalue weighted by atomic mass is 19.4. The summed E-state index contributed by atoms with van der Waals surface area (Å²) in [4.78, 5) is 23.1. The second-order valence-electron chi connectivity index (χ2n) is 5.09. The normalized spacial score (nSPS) is 11.5. The highest BCUT2D eigenvalue weighted by molar-refractivity contribution is 6.07. The van der Waals surface area contributed by atoms with Crippen LogP contribution in [-0.4, -0.2) is 17.9 Å². The molecule has 2 aromatic carbocycles. The van der Waals surface area contributed by atoms with Gasteiger partial charge in [-0.3, -0.25) is 9.59 Å². The molecule has 1 N–H and O–H groups in total. The molecule has 0 atom stereocenters. The van der Waals surface area contributed by atoms with Crippen molar-refractivity contribution in [2.75, 3.05) is 5.32 Å². The fraction of sp³-hybridized carbons (Fsp3) is 0.111. The molecule has 124 valence electrons. The molecule has 0 bridgehead atoms. The second kappa shape index (κ2) is 7.12. The highest BCUT2D eigenvalue weighted by Gasteiger charge is 2.38. The Hall–Kier alpha value is -2.89. The predicted octanol–water partition coefficient (Wildman–Crippen LogP) is 4.39. The number of amides is 1. The maximum atomic E-state index is 12.2. The number of alkyl halides is 3. The van der Waals surface area contributed by atoms with Crippen molar-refractivity contribution in [2.24, 2.45) is 0 Å². The minimum Gasteiger partial charge on any atom is -0.318 e. The van der Waals surface area contributed by atoms with Crippen molar-refractivity contribution in [1.29, 1.82) is 0 Å². The number of nitrogens with one attached hydrogen (secondary N) is 1. The maximum Gasteiger partial charge on any atom is 0.471 e. The Morgan fingerprint density at radius 2 is 1.75 bits per heavy atom. The van der Waals surface area contributed by atoms with Crippen molar-refractivity contribution < 1.29 is 22.8 Å². The summed E-state index contributed by atoms with van der Waals surface area (Å²) in [7, 11) is 0. The van der Waals surface area contributed by atoms with E-state index in [4.69, 9.17) is 0 Å². The van der Waals surface area contributed by atoms with Crippen LogP contribution in [0.3, 0.4) is 0 Å². The van der Waals surface area contributed by atoms with Crippen LogP contribution in [-0.2, 0) is 4.79 Å². The van der Waals surface area contributed by atoms with E-state index in [1.807, 2.05) is 19.1 Å². The maximum absolute atomic E-state index is 12.2. The zero-order chi connectivity index (χ0) is 17.7. The summed E-state index contributed by atoms with van der Waals surface area (Å²) >= 11 is 0. The molecule has 0 radical (unpaired) electrons. The van der Waals surface area contributed by atoms with E-state index in [0.29, 0.717) is 11.1 Å². The number of hydrogen-bond acceptors (Lipinski definition) is 2. The Bertz CT molecular complexity index is 795. The molecule has 0 aliphatic carbocycles. The Morgan fingerprint density at radius 1 is 1.04 bits per heavy atom. The number of allylic oxidation sites excluding steroid dienone is 1. The SMILES string of the molecule is Cc1ccccc1C(=O)C=Cc1cccc(NC(=O)C(F)(F)F)c1. The van der Waals surface area contributed by atoms with Gasteiger partial charge in [-0.1, -0.05) is 42.5 Å². The first kappa shape index (κ1) is 17.5. The average Bonchev–Trinajstić information content (AvgIpc) is 2.52. The van der Waals surface area contributed by atoms with Crippen molar-refractivity contribution in [2.45, 2.75) is 13.1 Å². The molecule has 0 spiro atoms. The number of aryl methyl sites for hydroxylation is 1. The van der Waals surface area contributed by atoms with Crippen molar-refractivity contribution in [1.82, 2.24) is 0 Å². The van der Waals surface area contributed by atoms with Crippen LogP contribution in [0.4, 0.5) is 18.9 Å². The van der Waals surface area contributed by atoms with E-state index in [1.165, 1.54) is 30.4 Å². The smallest absolute Gasteiger partial charge is 0.318 e. The van der Waals surface area contributed by atoms with Gasteiger partial charge in [-0.2, -0.15) is 13.2 Å². The summed E-state index contributed by atoms with van der Waals surface area (Å²) < 4.78 is 36.7. The summed E-state index contributed by atoms with van der Waals surface area (Å²) in [5.74, 6) is -2.25. The Morgan fingerprint density at radius 3 is 2.42 bits per heavy atom. The summed E-state index contributed by atoms with van der Waals surface area (Å²) in [5, 5.41) is 1.77. The van der Waals surface area contributed by atoms with E-state index in [9.17, 15) is 22.8 Å². The summed E-state index contributed by atoms with van der Waals surface area (Å²) in [6.07, 6.45) is -2.13. The van der Waals surface area contributed by atoms with Crippen LogP contribution in [0.25, 0.3) is 6.08 Å². The van der Waals surface area contributed by atoms with E-state index < -0.39 is 12.1 Å². The van der Waals surface area contributed by atoms with Gasteiger partial charge in [0, 0.05) is 11.3 Å². The molecule has 1 amide bonds. The minimum atomic E-state index is -4.95. The first-order chi connectivity index (χ1) is 11.3. The third-order valence-electron chi connectivity index (χ3n) is 3.24. The zero-order valence-corrected chi connectivity index (χ0v) is 12.7. The molecule has 0 aliphatic heterocycles. The average molecular weight is 333 g/mol. The van der Waals surface area contributed by atoms with Crippen molar-refractivity contribution >= 4 is 23.5 Å². The molecule has 0 unspecified atom stereocenters. The summed E-state index contributed by atoms with van der Waals surface area (Å²) in [6.45, 7) is 1.81. The first-order valence-corrected chi connectivity index (χ1v) is 7.03. The zero-order valence-electron chi connectivity index (χ0n) is 12.7. The second-order valence-corrected chi connectivity index (χ2v) is 5.09. The van der Waals surface area contributed by atoms with Gasteiger partial charge in [0.15, 0.2) is 5.78 Å². The number of carbonyl (C=O) groups is 2. The third kappa shape index (κ3) is 4.55. The van der Waals surface area contributed by atoms with Crippen LogP contribution in [0.5, 0.6) is 0 Å². The lowest BCUT2D eigenvalue weighted by atomic mass is 10.0. The van der Waals surface area contributed by atoms with E-state index >= 15 is 0 Å². The van der Waals surface area contributed by atoms with E-state index in [-0.39, 0.29) is 11.5 Å². The van der Waals surface area contributed by atoms with Crippen molar-refractivity contribution in [3.63, 3.8) is 0 Å².